The molecule has 0 aliphatic heterocycles. The summed E-state index contributed by atoms with van der Waals surface area (Å²) in [5, 5.41) is 8.21. The molecular formula is C18H19N3O2. The van der Waals surface area contributed by atoms with Gasteiger partial charge in [0.25, 0.3) is 5.91 Å². The number of anilines is 1. The van der Waals surface area contributed by atoms with E-state index in [9.17, 15) is 4.79 Å². The molecule has 0 aliphatic rings. The van der Waals surface area contributed by atoms with E-state index in [0.717, 1.165) is 5.69 Å². The van der Waals surface area contributed by atoms with Gasteiger partial charge in [0, 0.05) is 12.7 Å². The number of nitrogens with zero attached hydrogens (tertiary/aromatic N) is 3. The van der Waals surface area contributed by atoms with Crippen molar-refractivity contribution in [2.75, 3.05) is 19.1 Å². The standard InChI is InChI=1S/C18H19N3O2/c1-14(23-3)17(20-19-15-10-6-4-7-11-15)18(22)21(2)16-12-8-5-9-13-16/h4-13H,1-3H3/b17-14+,20-19?. The van der Waals surface area contributed by atoms with Crippen LogP contribution in [0.4, 0.5) is 11.4 Å². The van der Waals surface area contributed by atoms with Crippen molar-refractivity contribution in [2.45, 2.75) is 6.92 Å². The van der Waals surface area contributed by atoms with Crippen LogP contribution >= 0.6 is 0 Å². The van der Waals surface area contributed by atoms with Crippen molar-refractivity contribution in [1.29, 1.82) is 0 Å². The Hall–Kier alpha value is -2.95. The zero-order chi connectivity index (χ0) is 16.7. The molecule has 5 heteroatoms. The van der Waals surface area contributed by atoms with Gasteiger partial charge in [0.1, 0.15) is 5.76 Å². The molecule has 0 heterocycles. The summed E-state index contributed by atoms with van der Waals surface area (Å²) in [4.78, 5) is 14.2. The van der Waals surface area contributed by atoms with E-state index in [-0.39, 0.29) is 11.6 Å². The molecule has 0 fully saturated rings. The van der Waals surface area contributed by atoms with E-state index in [1.165, 1.54) is 12.0 Å². The Bertz CT molecular complexity index is 710. The first-order chi connectivity index (χ1) is 11.1. The lowest BCUT2D eigenvalue weighted by Gasteiger charge is -2.17. The molecule has 0 bridgehead atoms. The number of rotatable bonds is 5. The average molecular weight is 309 g/mol. The Morgan fingerprint density at radius 2 is 1.57 bits per heavy atom. The van der Waals surface area contributed by atoms with Gasteiger partial charge >= 0.3 is 0 Å². The maximum Gasteiger partial charge on any atom is 0.282 e. The summed E-state index contributed by atoms with van der Waals surface area (Å²) in [6.07, 6.45) is 0. The molecule has 2 aromatic carbocycles. The number of para-hydroxylation sites is 1. The molecule has 0 aliphatic carbocycles. The van der Waals surface area contributed by atoms with Gasteiger partial charge < -0.3 is 9.64 Å². The number of likely N-dealkylation sites (N-methyl/N-ethyl adjacent to an activating group) is 1. The highest BCUT2D eigenvalue weighted by molar-refractivity contribution is 6.05. The molecule has 23 heavy (non-hydrogen) atoms. The number of hydrogen-bond donors (Lipinski definition) is 0. The molecule has 0 atom stereocenters. The molecule has 0 saturated heterocycles. The number of methoxy groups -OCH3 is 1. The second-order valence-electron chi connectivity index (χ2n) is 4.84. The van der Waals surface area contributed by atoms with E-state index < -0.39 is 0 Å². The minimum atomic E-state index is -0.282. The second-order valence-corrected chi connectivity index (χ2v) is 4.84. The van der Waals surface area contributed by atoms with Crippen LogP contribution in [0.3, 0.4) is 0 Å². The Morgan fingerprint density at radius 3 is 2.13 bits per heavy atom. The molecule has 0 N–H and O–H groups in total. The first-order valence-corrected chi connectivity index (χ1v) is 7.18. The van der Waals surface area contributed by atoms with Crippen LogP contribution in [0.5, 0.6) is 0 Å². The fourth-order valence-corrected chi connectivity index (χ4v) is 1.89. The number of carbonyl (C=O) groups excluding carboxylic acids is 1. The van der Waals surface area contributed by atoms with Gasteiger partial charge in [0.05, 0.1) is 12.8 Å². The van der Waals surface area contributed by atoms with E-state index >= 15 is 0 Å². The third-order valence-corrected chi connectivity index (χ3v) is 3.31. The Balaban J connectivity index is 2.29. The lowest BCUT2D eigenvalue weighted by Crippen LogP contribution is -2.27. The van der Waals surface area contributed by atoms with Gasteiger partial charge in [0.2, 0.25) is 0 Å². The lowest BCUT2D eigenvalue weighted by atomic mass is 10.2. The number of ether oxygens (including phenoxy) is 1. The van der Waals surface area contributed by atoms with Crippen LogP contribution in [-0.2, 0) is 9.53 Å². The quantitative estimate of drug-likeness (QED) is 0.469. The summed E-state index contributed by atoms with van der Waals surface area (Å²) in [6.45, 7) is 1.69. The first-order valence-electron chi connectivity index (χ1n) is 7.18. The van der Waals surface area contributed by atoms with Gasteiger partial charge in [0.15, 0.2) is 5.70 Å². The minimum Gasteiger partial charge on any atom is -0.499 e. The summed E-state index contributed by atoms with van der Waals surface area (Å²) >= 11 is 0. The van der Waals surface area contributed by atoms with Crippen molar-refractivity contribution in [3.05, 3.63) is 72.1 Å². The van der Waals surface area contributed by atoms with Gasteiger partial charge in [-0.2, -0.15) is 5.11 Å². The number of allylic oxidation sites excluding steroid dienone is 1. The third kappa shape index (κ3) is 4.26. The van der Waals surface area contributed by atoms with Crippen LogP contribution in [0.15, 0.2) is 82.3 Å². The van der Waals surface area contributed by atoms with Crippen LogP contribution in [0.25, 0.3) is 0 Å². The highest BCUT2D eigenvalue weighted by Gasteiger charge is 2.19. The maximum absolute atomic E-state index is 12.7. The molecule has 2 aromatic rings. The van der Waals surface area contributed by atoms with Gasteiger partial charge in [-0.1, -0.05) is 36.4 Å². The maximum atomic E-state index is 12.7. The predicted octanol–water partition coefficient (Wildman–Crippen LogP) is 4.31. The first kappa shape index (κ1) is 16.4. The SMILES string of the molecule is CO/C(C)=C(/N=Nc1ccccc1)C(=O)N(C)c1ccccc1. The number of benzene rings is 2. The lowest BCUT2D eigenvalue weighted by molar-refractivity contribution is -0.115. The molecular weight excluding hydrogens is 290 g/mol. The van der Waals surface area contributed by atoms with Crippen molar-refractivity contribution < 1.29 is 9.53 Å². The van der Waals surface area contributed by atoms with Crippen LogP contribution in [0, 0.1) is 0 Å². The fraction of sp³-hybridized carbons (Fsp3) is 0.167. The van der Waals surface area contributed by atoms with Crippen LogP contribution < -0.4 is 4.90 Å². The number of hydrogen-bond acceptors (Lipinski definition) is 4. The van der Waals surface area contributed by atoms with Crippen LogP contribution in [0.1, 0.15) is 6.92 Å². The minimum absolute atomic E-state index is 0.169. The van der Waals surface area contributed by atoms with Gasteiger partial charge in [-0.25, -0.2) is 0 Å². The summed E-state index contributed by atoms with van der Waals surface area (Å²) < 4.78 is 5.19. The smallest absolute Gasteiger partial charge is 0.282 e. The molecule has 0 saturated carbocycles. The van der Waals surface area contributed by atoms with Crippen LogP contribution in [0.2, 0.25) is 0 Å². The van der Waals surface area contributed by atoms with E-state index in [0.29, 0.717) is 11.4 Å². The zero-order valence-electron chi connectivity index (χ0n) is 13.4. The van der Waals surface area contributed by atoms with E-state index in [1.807, 2.05) is 60.7 Å². The van der Waals surface area contributed by atoms with E-state index in [2.05, 4.69) is 10.2 Å². The third-order valence-electron chi connectivity index (χ3n) is 3.31. The molecule has 2 rings (SSSR count). The second kappa shape index (κ2) is 7.89. The van der Waals surface area contributed by atoms with E-state index in [1.54, 1.807) is 14.0 Å². The van der Waals surface area contributed by atoms with Crippen molar-refractivity contribution in [2.24, 2.45) is 10.2 Å². The number of azo groups is 1. The number of amides is 1. The van der Waals surface area contributed by atoms with Crippen LogP contribution in [-0.4, -0.2) is 20.1 Å². The molecule has 118 valence electrons. The van der Waals surface area contributed by atoms with Crippen molar-refractivity contribution in [3.8, 4) is 0 Å². The monoisotopic (exact) mass is 309 g/mol. The molecule has 0 radical (unpaired) electrons. The van der Waals surface area contributed by atoms with Gasteiger partial charge in [-0.3, -0.25) is 4.79 Å². The summed E-state index contributed by atoms with van der Waals surface area (Å²) in [7, 11) is 3.20. The highest BCUT2D eigenvalue weighted by Crippen LogP contribution is 2.19. The Labute approximate surface area is 135 Å². The molecule has 5 nitrogen and oxygen atoms in total. The summed E-state index contributed by atoms with van der Waals surface area (Å²) in [5.41, 5.74) is 1.61. The normalized spacial score (nSPS) is 12.0. The van der Waals surface area contributed by atoms with Crippen molar-refractivity contribution in [1.82, 2.24) is 0 Å². The molecule has 1 amide bonds. The van der Waals surface area contributed by atoms with E-state index in [4.69, 9.17) is 4.74 Å². The highest BCUT2D eigenvalue weighted by atomic mass is 16.5. The van der Waals surface area contributed by atoms with Crippen molar-refractivity contribution >= 4 is 17.3 Å². The number of carbonyl (C=O) groups is 1. The molecule has 0 unspecified atom stereocenters. The van der Waals surface area contributed by atoms with Crippen molar-refractivity contribution in [3.63, 3.8) is 0 Å². The molecule has 0 aromatic heterocycles. The predicted molar refractivity (Wildman–Crippen MR) is 90.5 cm³/mol. The van der Waals surface area contributed by atoms with Gasteiger partial charge in [-0.15, -0.1) is 5.11 Å². The summed E-state index contributed by atoms with van der Waals surface area (Å²) in [6, 6.07) is 18.6. The molecule has 0 spiro atoms. The van der Waals surface area contributed by atoms with Gasteiger partial charge in [-0.05, 0) is 31.2 Å². The zero-order valence-corrected chi connectivity index (χ0v) is 13.4. The Morgan fingerprint density at radius 1 is 1.00 bits per heavy atom. The average Bonchev–Trinajstić information content (AvgIpc) is 2.62. The summed E-state index contributed by atoms with van der Waals surface area (Å²) in [5.74, 6) is 0.132. The largest absolute Gasteiger partial charge is 0.499 e. The fourth-order valence-electron chi connectivity index (χ4n) is 1.89. The Kier molecular flexibility index (Phi) is 5.63. The topological polar surface area (TPSA) is 54.3 Å².